The van der Waals surface area contributed by atoms with Crippen molar-refractivity contribution in [3.8, 4) is 0 Å². The van der Waals surface area contributed by atoms with Crippen LogP contribution in [0.2, 0.25) is 0 Å². The second-order valence-electron chi connectivity index (χ2n) is 11.4. The molecule has 0 amide bonds. The molecule has 5 rings (SSSR count). The van der Waals surface area contributed by atoms with Gasteiger partial charge in [0.05, 0.1) is 19.1 Å². The Morgan fingerprint density at radius 1 is 0.969 bits per heavy atom. The Balaban J connectivity index is 1.50. The van der Waals surface area contributed by atoms with Gasteiger partial charge in [0.25, 0.3) is 0 Å². The second kappa shape index (κ2) is 7.18. The summed E-state index contributed by atoms with van der Waals surface area (Å²) in [5.41, 5.74) is -0.742. The summed E-state index contributed by atoms with van der Waals surface area (Å²) >= 11 is 0. The number of carbonyl (C=O) groups is 3. The van der Waals surface area contributed by atoms with Gasteiger partial charge in [-0.3, -0.25) is 14.4 Å². The van der Waals surface area contributed by atoms with E-state index in [9.17, 15) is 14.4 Å². The lowest BCUT2D eigenvalue weighted by Gasteiger charge is -2.62. The standard InChI is InChI=1S/C25H36O7/c1-13(26)30-16-8-9-23(3)15(10-16)6-7-17-21(23)19(31-14(2)27)12-24(4)18(22(28)29-5)11-20-25(17,24)32-20/h15-21H,6-12H2,1-5H3/t15-,16-,17-,18+,19-,20+,21-,23+,24-,25+/m1/s1. The largest absolute Gasteiger partial charge is 0.469 e. The number of ether oxygens (including phenoxy) is 4. The number of carbonyl (C=O) groups excluding carboxylic acids is 3. The van der Waals surface area contributed by atoms with Crippen LogP contribution in [0.3, 0.4) is 0 Å². The van der Waals surface area contributed by atoms with Gasteiger partial charge in [-0.1, -0.05) is 13.8 Å². The summed E-state index contributed by atoms with van der Waals surface area (Å²) in [5, 5.41) is 0. The minimum Gasteiger partial charge on any atom is -0.469 e. The maximum Gasteiger partial charge on any atom is 0.309 e. The van der Waals surface area contributed by atoms with Gasteiger partial charge in [0, 0.05) is 25.2 Å². The fourth-order valence-corrected chi connectivity index (χ4v) is 8.89. The van der Waals surface area contributed by atoms with Gasteiger partial charge in [-0.25, -0.2) is 0 Å². The third kappa shape index (κ3) is 2.85. The third-order valence-corrected chi connectivity index (χ3v) is 10.1. The first kappa shape index (κ1) is 22.2. The van der Waals surface area contributed by atoms with E-state index in [-0.39, 0.29) is 65.0 Å². The van der Waals surface area contributed by atoms with Crippen LogP contribution in [0.4, 0.5) is 0 Å². The number of epoxide rings is 1. The maximum absolute atomic E-state index is 12.7. The van der Waals surface area contributed by atoms with Crippen LogP contribution in [-0.4, -0.2) is 48.9 Å². The minimum atomic E-state index is -0.399. The summed E-state index contributed by atoms with van der Waals surface area (Å²) in [7, 11) is 1.45. The second-order valence-corrected chi connectivity index (χ2v) is 11.4. The summed E-state index contributed by atoms with van der Waals surface area (Å²) in [6.07, 6.45) is 5.78. The Kier molecular flexibility index (Phi) is 4.98. The van der Waals surface area contributed by atoms with E-state index in [1.165, 1.54) is 21.0 Å². The van der Waals surface area contributed by atoms with Gasteiger partial charge in [0.2, 0.25) is 0 Å². The van der Waals surface area contributed by atoms with Gasteiger partial charge < -0.3 is 18.9 Å². The van der Waals surface area contributed by atoms with Gasteiger partial charge in [-0.15, -0.1) is 0 Å². The Labute approximate surface area is 189 Å². The summed E-state index contributed by atoms with van der Waals surface area (Å²) in [4.78, 5) is 36.4. The molecule has 1 saturated heterocycles. The molecule has 0 bridgehead atoms. The predicted octanol–water partition coefficient (Wildman–Crippen LogP) is 3.42. The van der Waals surface area contributed by atoms with Gasteiger partial charge in [0.1, 0.15) is 17.8 Å². The monoisotopic (exact) mass is 448 g/mol. The minimum absolute atomic E-state index is 0.0182. The maximum atomic E-state index is 12.7. The van der Waals surface area contributed by atoms with Crippen LogP contribution in [0.15, 0.2) is 0 Å². The van der Waals surface area contributed by atoms with E-state index in [0.29, 0.717) is 18.8 Å². The van der Waals surface area contributed by atoms with Crippen molar-refractivity contribution in [2.24, 2.45) is 34.5 Å². The molecule has 0 aromatic rings. The number of rotatable bonds is 3. The quantitative estimate of drug-likeness (QED) is 0.371. The van der Waals surface area contributed by atoms with Crippen LogP contribution in [0.25, 0.3) is 0 Å². The number of hydrogen-bond donors (Lipinski definition) is 0. The third-order valence-electron chi connectivity index (χ3n) is 10.1. The van der Waals surface area contributed by atoms with E-state index in [1.807, 2.05) is 0 Å². The summed E-state index contributed by atoms with van der Waals surface area (Å²) in [5.74, 6) is -0.0507. The first-order valence-electron chi connectivity index (χ1n) is 12.2. The number of methoxy groups -OCH3 is 1. The molecule has 7 nitrogen and oxygen atoms in total. The summed E-state index contributed by atoms with van der Waals surface area (Å²) in [6.45, 7) is 7.45. The fourth-order valence-electron chi connectivity index (χ4n) is 8.89. The predicted molar refractivity (Wildman–Crippen MR) is 113 cm³/mol. The van der Waals surface area contributed by atoms with Crippen molar-refractivity contribution < 1.29 is 33.3 Å². The van der Waals surface area contributed by atoms with Crippen LogP contribution in [0.1, 0.15) is 72.6 Å². The van der Waals surface area contributed by atoms with E-state index < -0.39 is 5.41 Å². The lowest BCUT2D eigenvalue weighted by molar-refractivity contribution is -0.211. The van der Waals surface area contributed by atoms with Crippen molar-refractivity contribution >= 4 is 17.9 Å². The molecule has 4 saturated carbocycles. The van der Waals surface area contributed by atoms with Crippen LogP contribution in [0, 0.1) is 34.5 Å². The molecule has 0 aromatic heterocycles. The molecule has 1 aliphatic heterocycles. The van der Waals surface area contributed by atoms with Crippen molar-refractivity contribution in [1.29, 1.82) is 0 Å². The molecular weight excluding hydrogens is 412 g/mol. The van der Waals surface area contributed by atoms with Crippen LogP contribution < -0.4 is 0 Å². The molecule has 1 heterocycles. The van der Waals surface area contributed by atoms with Crippen LogP contribution in [0.5, 0.6) is 0 Å². The number of hydrogen-bond acceptors (Lipinski definition) is 7. The molecule has 7 heteroatoms. The van der Waals surface area contributed by atoms with E-state index in [0.717, 1.165) is 32.1 Å². The molecule has 4 aliphatic carbocycles. The SMILES string of the molecule is COC(=O)[C@@H]1C[C@@H]2O[C@@]23[C@@H]2CC[C@@H]4C[C@H](OC(C)=O)CC[C@]4(C)[C@H]2[C@H](OC(C)=O)C[C@]13C. The number of esters is 3. The zero-order valence-corrected chi connectivity index (χ0v) is 19.8. The molecular formula is C25H36O7. The van der Waals surface area contributed by atoms with E-state index in [1.54, 1.807) is 0 Å². The Morgan fingerprint density at radius 3 is 2.34 bits per heavy atom. The highest BCUT2D eigenvalue weighted by atomic mass is 16.6. The Hall–Kier alpha value is -1.63. The van der Waals surface area contributed by atoms with Crippen molar-refractivity contribution in [2.75, 3.05) is 7.11 Å². The van der Waals surface area contributed by atoms with E-state index in [4.69, 9.17) is 18.9 Å². The molecule has 178 valence electrons. The molecule has 5 fully saturated rings. The molecule has 5 aliphatic rings. The smallest absolute Gasteiger partial charge is 0.309 e. The highest BCUT2D eigenvalue weighted by Gasteiger charge is 2.83. The summed E-state index contributed by atoms with van der Waals surface area (Å²) in [6, 6.07) is 0. The van der Waals surface area contributed by atoms with Gasteiger partial charge in [0.15, 0.2) is 0 Å². The Morgan fingerprint density at radius 2 is 1.69 bits per heavy atom. The number of fused-ring (bicyclic) bond motifs is 3. The molecule has 32 heavy (non-hydrogen) atoms. The molecule has 0 unspecified atom stereocenters. The van der Waals surface area contributed by atoms with Gasteiger partial charge in [-0.2, -0.15) is 0 Å². The molecule has 0 aromatic carbocycles. The van der Waals surface area contributed by atoms with Crippen LogP contribution >= 0.6 is 0 Å². The van der Waals surface area contributed by atoms with Crippen molar-refractivity contribution in [2.45, 2.75) is 96.6 Å². The van der Waals surface area contributed by atoms with Crippen LogP contribution in [-0.2, 0) is 33.3 Å². The first-order valence-corrected chi connectivity index (χ1v) is 12.2. The van der Waals surface area contributed by atoms with Gasteiger partial charge in [-0.05, 0) is 62.2 Å². The Bertz CT molecular complexity index is 840. The lowest BCUT2D eigenvalue weighted by atomic mass is 9.43. The highest BCUT2D eigenvalue weighted by molar-refractivity contribution is 5.75. The summed E-state index contributed by atoms with van der Waals surface area (Å²) < 4.78 is 23.3. The lowest BCUT2D eigenvalue weighted by Crippen LogP contribution is -2.64. The molecule has 1 spiro atoms. The molecule has 10 atom stereocenters. The average Bonchev–Trinajstić information content (AvgIpc) is 3.38. The first-order chi connectivity index (χ1) is 15.1. The van der Waals surface area contributed by atoms with Crippen molar-refractivity contribution in [1.82, 2.24) is 0 Å². The average molecular weight is 449 g/mol. The topological polar surface area (TPSA) is 91.4 Å². The molecule has 0 radical (unpaired) electrons. The molecule has 0 N–H and O–H groups in total. The van der Waals surface area contributed by atoms with Crippen molar-refractivity contribution in [3.63, 3.8) is 0 Å². The zero-order valence-electron chi connectivity index (χ0n) is 19.8. The van der Waals surface area contributed by atoms with E-state index >= 15 is 0 Å². The van der Waals surface area contributed by atoms with E-state index in [2.05, 4.69) is 13.8 Å². The highest BCUT2D eigenvalue weighted by Crippen LogP contribution is 2.76. The zero-order chi connectivity index (χ0) is 23.1. The fraction of sp³-hybridized carbons (Fsp3) is 0.880. The van der Waals surface area contributed by atoms with Crippen molar-refractivity contribution in [3.05, 3.63) is 0 Å². The normalized spacial score (nSPS) is 50.7. The van der Waals surface area contributed by atoms with Gasteiger partial charge >= 0.3 is 17.9 Å².